The Morgan fingerprint density at radius 1 is 0.822 bits per heavy atom. The molecule has 2 aliphatic carbocycles. The van der Waals surface area contributed by atoms with Crippen LogP contribution in [0.1, 0.15) is 107 Å². The normalized spacial score (nSPS) is 22.8. The van der Waals surface area contributed by atoms with Crippen molar-refractivity contribution in [3.63, 3.8) is 0 Å². The second-order valence-electron chi connectivity index (χ2n) is 15.7. The number of amides is 5. The SMILES string of the molecule is CC(C)[C@H]1CCN(C(=O)[C@@H](NC(=O)N[C@H](C(=O)OC2CCC2)C(C)(C)C)C(C)(C)C)[C@@H]1C(=O)NC(CC1CCC1)C(=O)C(N)=O. The molecule has 5 N–H and O–H groups in total. The number of hydrogen-bond acceptors (Lipinski definition) is 7. The number of rotatable bonds is 12. The van der Waals surface area contributed by atoms with Gasteiger partial charge in [-0.3, -0.25) is 19.2 Å². The highest BCUT2D eigenvalue weighted by Crippen LogP contribution is 2.35. The van der Waals surface area contributed by atoms with Crippen LogP contribution in [0.25, 0.3) is 0 Å². The second-order valence-corrected chi connectivity index (χ2v) is 15.7. The van der Waals surface area contributed by atoms with Gasteiger partial charge in [-0.15, -0.1) is 0 Å². The van der Waals surface area contributed by atoms with E-state index in [1.165, 1.54) is 4.90 Å². The predicted molar refractivity (Wildman–Crippen MR) is 168 cm³/mol. The van der Waals surface area contributed by atoms with E-state index in [-0.39, 0.29) is 30.4 Å². The van der Waals surface area contributed by atoms with Crippen LogP contribution >= 0.6 is 0 Å². The van der Waals surface area contributed by atoms with E-state index in [4.69, 9.17) is 10.5 Å². The third-order valence-corrected chi connectivity index (χ3v) is 9.62. The van der Waals surface area contributed by atoms with Crippen LogP contribution < -0.4 is 21.7 Å². The Kier molecular flexibility index (Phi) is 11.7. The van der Waals surface area contributed by atoms with E-state index in [9.17, 15) is 28.8 Å². The van der Waals surface area contributed by atoms with Crippen LogP contribution in [-0.4, -0.2) is 77.2 Å². The Bertz CT molecular complexity index is 1130. The van der Waals surface area contributed by atoms with Crippen molar-refractivity contribution in [3.05, 3.63) is 0 Å². The van der Waals surface area contributed by atoms with Crippen molar-refractivity contribution in [1.29, 1.82) is 0 Å². The number of likely N-dealkylation sites (tertiary alicyclic amines) is 1. The van der Waals surface area contributed by atoms with E-state index >= 15 is 0 Å². The summed E-state index contributed by atoms with van der Waals surface area (Å²) in [5, 5.41) is 8.31. The van der Waals surface area contributed by atoms with Crippen LogP contribution in [-0.2, 0) is 28.7 Å². The molecule has 3 fully saturated rings. The number of urea groups is 1. The third-order valence-electron chi connectivity index (χ3n) is 9.62. The average molecular weight is 634 g/mol. The van der Waals surface area contributed by atoms with Crippen molar-refractivity contribution in [3.8, 4) is 0 Å². The van der Waals surface area contributed by atoms with E-state index in [0.29, 0.717) is 12.8 Å². The standard InChI is InChI=1S/C33H55N5O7/c1-18(2)21-15-16-38(23(21)28(41)35-22(24(39)27(34)40)17-19-11-9-12-19)29(42)25(32(3,4)5)36-31(44)37-26(33(6,7)8)30(43)45-20-13-10-14-20/h18-23,25-26H,9-17H2,1-8H3,(H2,34,40)(H,35,41)(H2,36,37,44)/t21-,22?,23+,25-,26-/m1/s1. The molecule has 3 aliphatic rings. The number of carbonyl (C=O) groups excluding carboxylic acids is 6. The zero-order valence-corrected chi connectivity index (χ0v) is 28.4. The smallest absolute Gasteiger partial charge is 0.329 e. The molecular weight excluding hydrogens is 578 g/mol. The first-order valence-corrected chi connectivity index (χ1v) is 16.5. The summed E-state index contributed by atoms with van der Waals surface area (Å²) in [6.45, 7) is 15.1. The fourth-order valence-electron chi connectivity index (χ4n) is 6.29. The van der Waals surface area contributed by atoms with Crippen molar-refractivity contribution in [2.24, 2.45) is 34.3 Å². The number of nitrogens with two attached hydrogens (primary N) is 1. The lowest BCUT2D eigenvalue weighted by atomic mass is 9.80. The van der Waals surface area contributed by atoms with Crippen molar-refractivity contribution in [1.82, 2.24) is 20.9 Å². The summed E-state index contributed by atoms with van der Waals surface area (Å²) in [4.78, 5) is 80.5. The van der Waals surface area contributed by atoms with Crippen LogP contribution in [0, 0.1) is 28.6 Å². The zero-order valence-electron chi connectivity index (χ0n) is 28.4. The number of nitrogens with one attached hydrogen (secondary N) is 3. The molecule has 5 atom stereocenters. The summed E-state index contributed by atoms with van der Waals surface area (Å²) in [6.07, 6.45) is 6.19. The summed E-state index contributed by atoms with van der Waals surface area (Å²) in [7, 11) is 0. The first kappa shape index (κ1) is 36.3. The van der Waals surface area contributed by atoms with Gasteiger partial charge in [-0.25, -0.2) is 9.59 Å². The third kappa shape index (κ3) is 9.19. The fourth-order valence-corrected chi connectivity index (χ4v) is 6.29. The lowest BCUT2D eigenvalue weighted by Crippen LogP contribution is -2.62. The number of ether oxygens (including phenoxy) is 1. The van der Waals surface area contributed by atoms with Gasteiger partial charge in [0.1, 0.15) is 24.2 Å². The number of esters is 1. The molecule has 1 unspecified atom stereocenters. The summed E-state index contributed by atoms with van der Waals surface area (Å²) in [5.74, 6) is -3.37. The maximum Gasteiger partial charge on any atom is 0.329 e. The van der Waals surface area contributed by atoms with Gasteiger partial charge in [0, 0.05) is 6.54 Å². The van der Waals surface area contributed by atoms with Crippen molar-refractivity contribution < 1.29 is 33.5 Å². The first-order chi connectivity index (χ1) is 20.8. The maximum atomic E-state index is 14.3. The first-order valence-electron chi connectivity index (χ1n) is 16.5. The molecule has 254 valence electrons. The number of carbonyl (C=O) groups is 6. The predicted octanol–water partition coefficient (Wildman–Crippen LogP) is 2.81. The van der Waals surface area contributed by atoms with Crippen LogP contribution in [0.4, 0.5) is 4.79 Å². The van der Waals surface area contributed by atoms with Crippen LogP contribution in [0.15, 0.2) is 0 Å². The zero-order chi connectivity index (χ0) is 33.9. The maximum absolute atomic E-state index is 14.3. The number of hydrogen-bond donors (Lipinski definition) is 4. The molecule has 0 aromatic carbocycles. The highest BCUT2D eigenvalue weighted by Gasteiger charge is 2.48. The number of ketones is 1. The Hall–Kier alpha value is -3.18. The van der Waals surface area contributed by atoms with Gasteiger partial charge in [-0.1, -0.05) is 74.7 Å². The quantitative estimate of drug-likeness (QED) is 0.189. The summed E-state index contributed by atoms with van der Waals surface area (Å²) in [5.41, 5.74) is 3.91. The van der Waals surface area contributed by atoms with Crippen LogP contribution in [0.5, 0.6) is 0 Å². The minimum atomic E-state index is -1.10. The van der Waals surface area contributed by atoms with Crippen LogP contribution in [0.2, 0.25) is 0 Å². The van der Waals surface area contributed by atoms with Gasteiger partial charge in [0.15, 0.2) is 0 Å². The van der Waals surface area contributed by atoms with E-state index in [0.717, 1.165) is 38.5 Å². The molecule has 0 aromatic heterocycles. The van der Waals surface area contributed by atoms with Crippen molar-refractivity contribution in [2.75, 3.05) is 6.54 Å². The Balaban J connectivity index is 1.81. The van der Waals surface area contributed by atoms with Crippen LogP contribution in [0.3, 0.4) is 0 Å². The van der Waals surface area contributed by atoms with Gasteiger partial charge in [-0.2, -0.15) is 0 Å². The summed E-state index contributed by atoms with van der Waals surface area (Å²) in [6, 6.07) is -4.64. The van der Waals surface area contributed by atoms with Gasteiger partial charge >= 0.3 is 12.0 Å². The Labute approximate surface area is 267 Å². The Morgan fingerprint density at radius 2 is 1.38 bits per heavy atom. The molecule has 12 nitrogen and oxygen atoms in total. The molecule has 2 saturated carbocycles. The van der Waals surface area contributed by atoms with Crippen molar-refractivity contribution in [2.45, 2.75) is 137 Å². The molecule has 1 heterocycles. The molecule has 1 saturated heterocycles. The van der Waals surface area contributed by atoms with E-state index in [2.05, 4.69) is 16.0 Å². The molecule has 0 aromatic rings. The molecule has 5 amide bonds. The fraction of sp³-hybridized carbons (Fsp3) is 0.818. The van der Waals surface area contributed by atoms with E-state index < -0.39 is 70.5 Å². The van der Waals surface area contributed by atoms with E-state index in [1.807, 2.05) is 55.4 Å². The number of primary amides is 1. The summed E-state index contributed by atoms with van der Waals surface area (Å²) < 4.78 is 5.60. The monoisotopic (exact) mass is 633 g/mol. The number of Topliss-reactive ketones (excluding diaryl/α,β-unsaturated/α-hetero) is 1. The molecule has 1 aliphatic heterocycles. The molecule has 45 heavy (non-hydrogen) atoms. The number of nitrogens with zero attached hydrogens (tertiary/aromatic N) is 1. The van der Waals surface area contributed by atoms with Gasteiger partial charge in [-0.05, 0) is 60.7 Å². The topological polar surface area (TPSA) is 177 Å². The molecule has 0 radical (unpaired) electrons. The Morgan fingerprint density at radius 3 is 1.82 bits per heavy atom. The molecular formula is C33H55N5O7. The van der Waals surface area contributed by atoms with E-state index in [1.54, 1.807) is 0 Å². The van der Waals surface area contributed by atoms with Gasteiger partial charge in [0.25, 0.3) is 5.91 Å². The van der Waals surface area contributed by atoms with Gasteiger partial charge < -0.3 is 31.3 Å². The lowest BCUT2D eigenvalue weighted by Gasteiger charge is -2.38. The minimum absolute atomic E-state index is 0.0362. The highest BCUT2D eigenvalue weighted by atomic mass is 16.5. The molecule has 3 rings (SSSR count). The van der Waals surface area contributed by atoms with Crippen molar-refractivity contribution >= 4 is 35.5 Å². The highest BCUT2D eigenvalue weighted by molar-refractivity contribution is 6.37. The molecule has 0 spiro atoms. The largest absolute Gasteiger partial charge is 0.461 e. The van der Waals surface area contributed by atoms with Gasteiger partial charge in [0.05, 0.1) is 6.04 Å². The summed E-state index contributed by atoms with van der Waals surface area (Å²) >= 11 is 0. The second kappa shape index (κ2) is 14.5. The minimum Gasteiger partial charge on any atom is -0.461 e. The molecule has 0 bridgehead atoms. The lowest BCUT2D eigenvalue weighted by molar-refractivity contribution is -0.158. The van der Waals surface area contributed by atoms with Gasteiger partial charge in [0.2, 0.25) is 17.6 Å². The average Bonchev–Trinajstić information content (AvgIpc) is 3.32. The molecule has 12 heteroatoms.